The number of nitrogens with one attached hydrogen (secondary N) is 1. The van der Waals surface area contributed by atoms with Crippen molar-refractivity contribution in [3.05, 3.63) is 18.1 Å². The summed E-state index contributed by atoms with van der Waals surface area (Å²) in [5.74, 6) is 3.45. The highest BCUT2D eigenvalue weighted by atomic mass is 32.2. The summed E-state index contributed by atoms with van der Waals surface area (Å²) in [5.41, 5.74) is 0.883. The van der Waals surface area contributed by atoms with Gasteiger partial charge in [-0.3, -0.25) is 4.98 Å². The molecule has 5 heteroatoms. The first kappa shape index (κ1) is 14.3. The molecule has 0 fully saturated rings. The summed E-state index contributed by atoms with van der Waals surface area (Å²) >= 11 is 1.92. The molecule has 96 valence electrons. The molecule has 0 aromatic carbocycles. The molecule has 0 aliphatic carbocycles. The molecule has 0 saturated carbocycles. The molecule has 1 aromatic rings. The predicted octanol–water partition coefficient (Wildman–Crippen LogP) is 2.13. The van der Waals surface area contributed by atoms with Gasteiger partial charge in [-0.1, -0.05) is 13.8 Å². The standard InChI is InChI=1S/C12H21N3OS/c1-9(2)7-17-8-10(13-3)11-12(16-4)15-6-5-14-11/h5-6,9-10,13H,7-8H2,1-4H3. The SMILES string of the molecule is CNC(CSCC(C)C)c1nccnc1OC. The second kappa shape index (κ2) is 7.50. The summed E-state index contributed by atoms with van der Waals surface area (Å²) in [6, 6.07) is 0.183. The smallest absolute Gasteiger partial charge is 0.237 e. The van der Waals surface area contributed by atoms with Gasteiger partial charge in [0.15, 0.2) is 0 Å². The summed E-state index contributed by atoms with van der Waals surface area (Å²) in [4.78, 5) is 8.53. The maximum Gasteiger partial charge on any atom is 0.237 e. The molecular weight excluding hydrogens is 234 g/mol. The van der Waals surface area contributed by atoms with Crippen LogP contribution in [0.3, 0.4) is 0 Å². The van der Waals surface area contributed by atoms with Crippen LogP contribution in [0, 0.1) is 5.92 Å². The van der Waals surface area contributed by atoms with E-state index in [1.54, 1.807) is 19.5 Å². The van der Waals surface area contributed by atoms with Gasteiger partial charge < -0.3 is 10.1 Å². The minimum atomic E-state index is 0.183. The Morgan fingerprint density at radius 2 is 2.00 bits per heavy atom. The highest BCUT2D eigenvalue weighted by molar-refractivity contribution is 7.99. The van der Waals surface area contributed by atoms with Crippen molar-refractivity contribution in [3.8, 4) is 5.88 Å². The molecule has 0 amide bonds. The first-order valence-electron chi connectivity index (χ1n) is 5.79. The predicted molar refractivity (Wildman–Crippen MR) is 72.5 cm³/mol. The van der Waals surface area contributed by atoms with E-state index in [9.17, 15) is 0 Å². The summed E-state index contributed by atoms with van der Waals surface area (Å²) in [7, 11) is 3.57. The zero-order chi connectivity index (χ0) is 12.7. The van der Waals surface area contributed by atoms with Crippen molar-refractivity contribution in [1.82, 2.24) is 15.3 Å². The molecule has 1 heterocycles. The Labute approximate surface area is 108 Å². The van der Waals surface area contributed by atoms with Crippen molar-refractivity contribution >= 4 is 11.8 Å². The molecule has 1 unspecified atom stereocenters. The highest BCUT2D eigenvalue weighted by Crippen LogP contribution is 2.23. The van der Waals surface area contributed by atoms with Crippen molar-refractivity contribution in [1.29, 1.82) is 0 Å². The molecule has 1 rings (SSSR count). The van der Waals surface area contributed by atoms with E-state index in [4.69, 9.17) is 4.74 Å². The van der Waals surface area contributed by atoms with Crippen molar-refractivity contribution in [2.24, 2.45) is 5.92 Å². The van der Waals surface area contributed by atoms with E-state index in [2.05, 4.69) is 29.1 Å². The van der Waals surface area contributed by atoms with E-state index in [1.807, 2.05) is 18.8 Å². The lowest BCUT2D eigenvalue weighted by molar-refractivity contribution is 0.383. The Kier molecular flexibility index (Phi) is 6.29. The van der Waals surface area contributed by atoms with Crippen LogP contribution < -0.4 is 10.1 Å². The molecule has 0 saturated heterocycles. The van der Waals surface area contributed by atoms with Gasteiger partial charge in [0.1, 0.15) is 5.69 Å². The van der Waals surface area contributed by atoms with Gasteiger partial charge in [-0.2, -0.15) is 11.8 Å². The molecule has 0 bridgehead atoms. The molecule has 0 aliphatic heterocycles. The van der Waals surface area contributed by atoms with Crippen molar-refractivity contribution in [2.45, 2.75) is 19.9 Å². The Balaban J connectivity index is 2.65. The number of ether oxygens (including phenoxy) is 1. The van der Waals surface area contributed by atoms with Gasteiger partial charge in [-0.25, -0.2) is 4.98 Å². The minimum absolute atomic E-state index is 0.183. The van der Waals surface area contributed by atoms with E-state index in [0.717, 1.165) is 17.2 Å². The third-order valence-corrected chi connectivity index (χ3v) is 3.77. The number of hydrogen-bond acceptors (Lipinski definition) is 5. The van der Waals surface area contributed by atoms with Crippen LogP contribution in [0.25, 0.3) is 0 Å². The minimum Gasteiger partial charge on any atom is -0.480 e. The van der Waals surface area contributed by atoms with Crippen LogP contribution >= 0.6 is 11.8 Å². The van der Waals surface area contributed by atoms with Crippen LogP contribution in [0.5, 0.6) is 5.88 Å². The van der Waals surface area contributed by atoms with Gasteiger partial charge >= 0.3 is 0 Å². The van der Waals surface area contributed by atoms with E-state index >= 15 is 0 Å². The largest absolute Gasteiger partial charge is 0.480 e. The van der Waals surface area contributed by atoms with Crippen LogP contribution in [-0.2, 0) is 0 Å². The molecular formula is C12H21N3OS. The quantitative estimate of drug-likeness (QED) is 0.809. The maximum atomic E-state index is 5.23. The monoisotopic (exact) mass is 255 g/mol. The van der Waals surface area contributed by atoms with Gasteiger partial charge in [-0.15, -0.1) is 0 Å². The van der Waals surface area contributed by atoms with Gasteiger partial charge in [0, 0.05) is 18.1 Å². The molecule has 1 aromatic heterocycles. The third-order valence-electron chi connectivity index (χ3n) is 2.30. The number of methoxy groups -OCH3 is 1. The average molecular weight is 255 g/mol. The van der Waals surface area contributed by atoms with Gasteiger partial charge in [0.2, 0.25) is 5.88 Å². The molecule has 0 aliphatic rings. The molecule has 17 heavy (non-hydrogen) atoms. The lowest BCUT2D eigenvalue weighted by Gasteiger charge is -2.17. The lowest BCUT2D eigenvalue weighted by atomic mass is 10.2. The zero-order valence-corrected chi connectivity index (χ0v) is 11.8. The number of nitrogens with zero attached hydrogens (tertiary/aromatic N) is 2. The van der Waals surface area contributed by atoms with Gasteiger partial charge in [0.05, 0.1) is 13.2 Å². The van der Waals surface area contributed by atoms with Crippen LogP contribution in [-0.4, -0.2) is 35.6 Å². The van der Waals surface area contributed by atoms with E-state index < -0.39 is 0 Å². The average Bonchev–Trinajstić information content (AvgIpc) is 2.34. The molecule has 4 nitrogen and oxygen atoms in total. The molecule has 0 spiro atoms. The number of thioether (sulfide) groups is 1. The zero-order valence-electron chi connectivity index (χ0n) is 10.9. The Morgan fingerprint density at radius 3 is 2.59 bits per heavy atom. The fraction of sp³-hybridized carbons (Fsp3) is 0.667. The van der Waals surface area contributed by atoms with Crippen molar-refractivity contribution in [2.75, 3.05) is 25.7 Å². The summed E-state index contributed by atoms with van der Waals surface area (Å²) in [5, 5.41) is 3.26. The first-order chi connectivity index (χ1) is 8.19. The fourth-order valence-electron chi connectivity index (χ4n) is 1.45. The summed E-state index contributed by atoms with van der Waals surface area (Å²) in [6.07, 6.45) is 3.35. The number of hydrogen-bond donors (Lipinski definition) is 1. The topological polar surface area (TPSA) is 47.0 Å². The molecule has 1 atom stereocenters. The normalized spacial score (nSPS) is 12.8. The third kappa shape index (κ3) is 4.52. The first-order valence-corrected chi connectivity index (χ1v) is 6.94. The fourth-order valence-corrected chi connectivity index (χ4v) is 2.62. The maximum absolute atomic E-state index is 5.23. The van der Waals surface area contributed by atoms with Crippen LogP contribution in [0.4, 0.5) is 0 Å². The van der Waals surface area contributed by atoms with Crippen LogP contribution in [0.15, 0.2) is 12.4 Å². The lowest BCUT2D eigenvalue weighted by Crippen LogP contribution is -2.21. The van der Waals surface area contributed by atoms with Crippen molar-refractivity contribution < 1.29 is 4.74 Å². The van der Waals surface area contributed by atoms with E-state index in [0.29, 0.717) is 11.8 Å². The van der Waals surface area contributed by atoms with Gasteiger partial charge in [-0.05, 0) is 18.7 Å². The van der Waals surface area contributed by atoms with Crippen molar-refractivity contribution in [3.63, 3.8) is 0 Å². The second-order valence-corrected chi connectivity index (χ2v) is 5.30. The highest BCUT2D eigenvalue weighted by Gasteiger charge is 2.16. The number of rotatable bonds is 7. The Bertz CT molecular complexity index is 333. The Hall–Kier alpha value is -0.810. The van der Waals surface area contributed by atoms with Crippen LogP contribution in [0.1, 0.15) is 25.6 Å². The van der Waals surface area contributed by atoms with E-state index in [1.165, 1.54) is 0 Å². The van der Waals surface area contributed by atoms with E-state index in [-0.39, 0.29) is 6.04 Å². The second-order valence-electron chi connectivity index (χ2n) is 4.22. The summed E-state index contributed by atoms with van der Waals surface area (Å²) in [6.45, 7) is 4.45. The number of aromatic nitrogens is 2. The molecule has 1 N–H and O–H groups in total. The summed E-state index contributed by atoms with van der Waals surface area (Å²) < 4.78 is 5.23. The van der Waals surface area contributed by atoms with Crippen LogP contribution in [0.2, 0.25) is 0 Å². The van der Waals surface area contributed by atoms with Gasteiger partial charge in [0.25, 0.3) is 0 Å². The molecule has 0 radical (unpaired) electrons. The Morgan fingerprint density at radius 1 is 1.29 bits per heavy atom.